The van der Waals surface area contributed by atoms with Gasteiger partial charge in [0.1, 0.15) is 0 Å². The van der Waals surface area contributed by atoms with E-state index < -0.39 is 0 Å². The molecule has 0 radical (unpaired) electrons. The van der Waals surface area contributed by atoms with Crippen LogP contribution in [0.5, 0.6) is 0 Å². The van der Waals surface area contributed by atoms with E-state index in [1.165, 1.54) is 0 Å². The number of nitrogens with one attached hydrogen (secondary N) is 1. The van der Waals surface area contributed by atoms with Gasteiger partial charge in [-0.1, -0.05) is 6.07 Å². The maximum absolute atomic E-state index is 7.50. The minimum Gasteiger partial charge on any atom is -0.355 e. The van der Waals surface area contributed by atoms with Crippen LogP contribution in [0.25, 0.3) is 0 Å². The minimum absolute atomic E-state index is 0.591. The molecule has 3 heteroatoms. The Balaban J connectivity index is 2.62. The van der Waals surface area contributed by atoms with Crippen LogP contribution in [-0.2, 0) is 6.54 Å². The van der Waals surface area contributed by atoms with Crippen molar-refractivity contribution >= 4 is 5.84 Å². The second kappa shape index (κ2) is 4.60. The molecule has 0 spiro atoms. The molecule has 0 fully saturated rings. The van der Waals surface area contributed by atoms with Crippen LogP contribution >= 0.6 is 0 Å². The number of rotatable bonds is 3. The SMILES string of the molecule is CCN(Cc1ccccn1)C(C)=N. The first kappa shape index (κ1) is 9.71. The van der Waals surface area contributed by atoms with Crippen molar-refractivity contribution in [2.24, 2.45) is 0 Å². The Kier molecular flexibility index (Phi) is 3.43. The lowest BCUT2D eigenvalue weighted by Crippen LogP contribution is -2.27. The minimum atomic E-state index is 0.591. The lowest BCUT2D eigenvalue weighted by Gasteiger charge is -2.20. The lowest BCUT2D eigenvalue weighted by atomic mass is 10.3. The lowest BCUT2D eigenvalue weighted by molar-refractivity contribution is 0.424. The Bertz CT molecular complexity index is 269. The second-order valence-electron chi connectivity index (χ2n) is 2.92. The summed E-state index contributed by atoms with van der Waals surface area (Å²) in [6.45, 7) is 5.42. The zero-order chi connectivity index (χ0) is 9.68. The molecular weight excluding hydrogens is 162 g/mol. The molecular formula is C10H15N3. The molecule has 0 amide bonds. The van der Waals surface area contributed by atoms with Crippen molar-refractivity contribution in [3.8, 4) is 0 Å². The number of pyridine rings is 1. The van der Waals surface area contributed by atoms with Crippen LogP contribution in [0, 0.1) is 5.41 Å². The third-order valence-corrected chi connectivity index (χ3v) is 1.94. The predicted molar refractivity (Wildman–Crippen MR) is 53.7 cm³/mol. The molecule has 1 aromatic heterocycles. The number of aromatic nitrogens is 1. The van der Waals surface area contributed by atoms with Gasteiger partial charge in [0.2, 0.25) is 0 Å². The second-order valence-corrected chi connectivity index (χ2v) is 2.92. The monoisotopic (exact) mass is 177 g/mol. The summed E-state index contributed by atoms with van der Waals surface area (Å²) in [5.41, 5.74) is 1.01. The summed E-state index contributed by atoms with van der Waals surface area (Å²) in [6.07, 6.45) is 1.78. The van der Waals surface area contributed by atoms with Crippen molar-refractivity contribution in [2.75, 3.05) is 6.54 Å². The first-order chi connectivity index (χ1) is 6.24. The van der Waals surface area contributed by atoms with Gasteiger partial charge in [-0.3, -0.25) is 10.4 Å². The standard InChI is InChI=1S/C10H15N3/c1-3-13(9(2)11)8-10-6-4-5-7-12-10/h4-7,11H,3,8H2,1-2H3. The normalized spacial score (nSPS) is 9.69. The Morgan fingerprint density at radius 2 is 2.31 bits per heavy atom. The van der Waals surface area contributed by atoms with Gasteiger partial charge >= 0.3 is 0 Å². The van der Waals surface area contributed by atoms with Crippen LogP contribution in [0.3, 0.4) is 0 Å². The molecule has 0 aliphatic rings. The Morgan fingerprint density at radius 3 is 2.77 bits per heavy atom. The predicted octanol–water partition coefficient (Wildman–Crippen LogP) is 1.90. The number of nitrogens with zero attached hydrogens (tertiary/aromatic N) is 2. The molecule has 0 aliphatic heterocycles. The smallest absolute Gasteiger partial charge is 0.0929 e. The van der Waals surface area contributed by atoms with E-state index in [0.717, 1.165) is 18.8 Å². The molecule has 0 atom stereocenters. The average molecular weight is 177 g/mol. The van der Waals surface area contributed by atoms with Gasteiger partial charge in [0.15, 0.2) is 0 Å². The highest BCUT2D eigenvalue weighted by Gasteiger charge is 2.03. The summed E-state index contributed by atoms with van der Waals surface area (Å²) in [5.74, 6) is 0.591. The van der Waals surface area contributed by atoms with Gasteiger partial charge in [0, 0.05) is 12.7 Å². The van der Waals surface area contributed by atoms with Gasteiger partial charge in [-0.05, 0) is 26.0 Å². The summed E-state index contributed by atoms with van der Waals surface area (Å²) < 4.78 is 0. The Morgan fingerprint density at radius 1 is 1.54 bits per heavy atom. The molecule has 0 unspecified atom stereocenters. The molecule has 3 nitrogen and oxygen atoms in total. The topological polar surface area (TPSA) is 40.0 Å². The maximum Gasteiger partial charge on any atom is 0.0929 e. The average Bonchev–Trinajstić information content (AvgIpc) is 2.15. The molecule has 1 aromatic rings. The van der Waals surface area contributed by atoms with E-state index >= 15 is 0 Å². The van der Waals surface area contributed by atoms with E-state index in [2.05, 4.69) is 4.98 Å². The fourth-order valence-electron chi connectivity index (χ4n) is 1.15. The summed E-state index contributed by atoms with van der Waals surface area (Å²) in [6, 6.07) is 5.85. The Hall–Kier alpha value is -1.38. The molecule has 0 saturated heterocycles. The number of hydrogen-bond acceptors (Lipinski definition) is 2. The van der Waals surface area contributed by atoms with E-state index in [1.807, 2.05) is 30.0 Å². The van der Waals surface area contributed by atoms with Gasteiger partial charge in [0.25, 0.3) is 0 Å². The van der Waals surface area contributed by atoms with Gasteiger partial charge < -0.3 is 4.90 Å². The Labute approximate surface area is 78.9 Å². The summed E-state index contributed by atoms with van der Waals surface area (Å²) in [4.78, 5) is 6.19. The van der Waals surface area contributed by atoms with E-state index in [0.29, 0.717) is 5.84 Å². The largest absolute Gasteiger partial charge is 0.355 e. The molecule has 0 saturated carbocycles. The van der Waals surface area contributed by atoms with Crippen LogP contribution in [0.4, 0.5) is 0 Å². The molecule has 1 rings (SSSR count). The molecule has 0 aromatic carbocycles. The van der Waals surface area contributed by atoms with Crippen molar-refractivity contribution in [2.45, 2.75) is 20.4 Å². The summed E-state index contributed by atoms with van der Waals surface area (Å²) >= 11 is 0. The van der Waals surface area contributed by atoms with Crippen LogP contribution in [0.2, 0.25) is 0 Å². The molecule has 70 valence electrons. The quantitative estimate of drug-likeness (QED) is 0.566. The third kappa shape index (κ3) is 2.86. The van der Waals surface area contributed by atoms with Crippen LogP contribution < -0.4 is 0 Å². The molecule has 0 bridgehead atoms. The van der Waals surface area contributed by atoms with Crippen molar-refractivity contribution in [3.05, 3.63) is 30.1 Å². The molecule has 13 heavy (non-hydrogen) atoms. The zero-order valence-corrected chi connectivity index (χ0v) is 8.12. The maximum atomic E-state index is 7.50. The molecule has 0 aliphatic carbocycles. The van der Waals surface area contributed by atoms with E-state index in [4.69, 9.17) is 5.41 Å². The van der Waals surface area contributed by atoms with Crippen LogP contribution in [-0.4, -0.2) is 22.3 Å². The van der Waals surface area contributed by atoms with Crippen LogP contribution in [0.1, 0.15) is 19.5 Å². The fourth-order valence-corrected chi connectivity index (χ4v) is 1.15. The molecule has 1 N–H and O–H groups in total. The van der Waals surface area contributed by atoms with Gasteiger partial charge in [-0.25, -0.2) is 0 Å². The highest BCUT2D eigenvalue weighted by Crippen LogP contribution is 2.00. The van der Waals surface area contributed by atoms with E-state index in [1.54, 1.807) is 13.1 Å². The van der Waals surface area contributed by atoms with Gasteiger partial charge in [-0.2, -0.15) is 0 Å². The van der Waals surface area contributed by atoms with Gasteiger partial charge in [-0.15, -0.1) is 0 Å². The molecule has 1 heterocycles. The van der Waals surface area contributed by atoms with Crippen LogP contribution in [0.15, 0.2) is 24.4 Å². The third-order valence-electron chi connectivity index (χ3n) is 1.94. The first-order valence-electron chi connectivity index (χ1n) is 4.44. The number of amidine groups is 1. The van der Waals surface area contributed by atoms with Crippen molar-refractivity contribution in [1.82, 2.24) is 9.88 Å². The van der Waals surface area contributed by atoms with Crippen molar-refractivity contribution in [1.29, 1.82) is 5.41 Å². The van der Waals surface area contributed by atoms with E-state index in [9.17, 15) is 0 Å². The zero-order valence-electron chi connectivity index (χ0n) is 8.12. The first-order valence-corrected chi connectivity index (χ1v) is 4.44. The summed E-state index contributed by atoms with van der Waals surface area (Å²) in [5, 5.41) is 7.50. The van der Waals surface area contributed by atoms with Crippen molar-refractivity contribution < 1.29 is 0 Å². The van der Waals surface area contributed by atoms with Crippen molar-refractivity contribution in [3.63, 3.8) is 0 Å². The summed E-state index contributed by atoms with van der Waals surface area (Å²) in [7, 11) is 0. The number of hydrogen-bond donors (Lipinski definition) is 1. The van der Waals surface area contributed by atoms with Gasteiger partial charge in [0.05, 0.1) is 18.1 Å². The fraction of sp³-hybridized carbons (Fsp3) is 0.400. The van der Waals surface area contributed by atoms with E-state index in [-0.39, 0.29) is 0 Å². The highest BCUT2D eigenvalue weighted by molar-refractivity contribution is 5.76. The highest BCUT2D eigenvalue weighted by atomic mass is 15.2.